The van der Waals surface area contributed by atoms with E-state index in [4.69, 9.17) is 10.5 Å². The Bertz CT molecular complexity index is 1100. The Kier molecular flexibility index (Phi) is 6.22. The van der Waals surface area contributed by atoms with E-state index in [1.54, 1.807) is 0 Å². The van der Waals surface area contributed by atoms with Crippen LogP contribution < -0.4 is 20.7 Å². The fraction of sp³-hybridized carbons (Fsp3) is 0.500. The molecule has 0 unspecified atom stereocenters. The van der Waals surface area contributed by atoms with Crippen LogP contribution in [0.25, 0.3) is 11.1 Å². The minimum atomic E-state index is -4.75. The quantitative estimate of drug-likeness (QED) is 0.601. The molecule has 3 N–H and O–H groups in total. The highest BCUT2D eigenvalue weighted by Crippen LogP contribution is 2.44. The SMILES string of the molecule is COc1ncc(C(=O)N[C@@H](C)C2CC2)c(N2CC[C@](C)(N)C2)c1-c1cc(F)cc(C(F)(F)F)c1. The molecule has 1 amide bonds. The molecule has 34 heavy (non-hydrogen) atoms. The molecule has 2 fully saturated rings. The number of amides is 1. The van der Waals surface area contributed by atoms with Gasteiger partial charge in [-0.1, -0.05) is 0 Å². The van der Waals surface area contributed by atoms with Gasteiger partial charge >= 0.3 is 6.18 Å². The molecule has 4 rings (SSSR count). The number of aromatic nitrogens is 1. The molecule has 1 aliphatic heterocycles. The Hall–Kier alpha value is -2.88. The number of carbonyl (C=O) groups excluding carboxylic acids is 1. The Labute approximate surface area is 195 Å². The largest absolute Gasteiger partial charge is 0.480 e. The molecule has 1 aromatic carbocycles. The minimum absolute atomic E-state index is 0.00820. The highest BCUT2D eigenvalue weighted by molar-refractivity contribution is 6.04. The molecule has 10 heteroatoms. The molecule has 2 atom stereocenters. The lowest BCUT2D eigenvalue weighted by atomic mass is 9.98. The van der Waals surface area contributed by atoms with E-state index in [-0.39, 0.29) is 28.6 Å². The second kappa shape index (κ2) is 8.72. The predicted octanol–water partition coefficient (Wildman–Crippen LogP) is 4.37. The average Bonchev–Trinajstić information content (AvgIpc) is 3.54. The summed E-state index contributed by atoms with van der Waals surface area (Å²) in [7, 11) is 1.32. The molecular formula is C24H28F4N4O2. The van der Waals surface area contributed by atoms with Gasteiger partial charge in [0.1, 0.15) is 5.82 Å². The fourth-order valence-electron chi connectivity index (χ4n) is 4.47. The van der Waals surface area contributed by atoms with Crippen molar-refractivity contribution in [3.8, 4) is 17.0 Å². The van der Waals surface area contributed by atoms with Crippen LogP contribution in [0.4, 0.5) is 23.2 Å². The molecule has 2 aromatic rings. The Morgan fingerprint density at radius 3 is 2.59 bits per heavy atom. The topological polar surface area (TPSA) is 80.5 Å². The number of hydrogen-bond acceptors (Lipinski definition) is 5. The van der Waals surface area contributed by atoms with Gasteiger partial charge < -0.3 is 20.7 Å². The third-order valence-corrected chi connectivity index (χ3v) is 6.48. The minimum Gasteiger partial charge on any atom is -0.480 e. The van der Waals surface area contributed by atoms with Gasteiger partial charge in [0.2, 0.25) is 5.88 Å². The molecule has 6 nitrogen and oxygen atoms in total. The molecule has 0 spiro atoms. The van der Waals surface area contributed by atoms with Gasteiger partial charge in [-0.15, -0.1) is 0 Å². The third-order valence-electron chi connectivity index (χ3n) is 6.48. The summed E-state index contributed by atoms with van der Waals surface area (Å²) in [6.45, 7) is 4.60. The first-order valence-electron chi connectivity index (χ1n) is 11.2. The normalized spacial score (nSPS) is 21.5. The van der Waals surface area contributed by atoms with Crippen molar-refractivity contribution in [1.82, 2.24) is 10.3 Å². The Morgan fingerprint density at radius 2 is 2.03 bits per heavy atom. The number of nitrogens with two attached hydrogens (primary N) is 1. The van der Waals surface area contributed by atoms with Crippen molar-refractivity contribution < 1.29 is 27.1 Å². The van der Waals surface area contributed by atoms with Gasteiger partial charge in [0.15, 0.2) is 0 Å². The predicted molar refractivity (Wildman–Crippen MR) is 120 cm³/mol. The van der Waals surface area contributed by atoms with Crippen LogP contribution in [-0.2, 0) is 6.18 Å². The van der Waals surface area contributed by atoms with Gasteiger partial charge in [0.05, 0.1) is 29.5 Å². The highest BCUT2D eigenvalue weighted by atomic mass is 19.4. The van der Waals surface area contributed by atoms with Crippen LogP contribution >= 0.6 is 0 Å². The van der Waals surface area contributed by atoms with Crippen LogP contribution in [0.15, 0.2) is 24.4 Å². The number of ether oxygens (including phenoxy) is 1. The van der Waals surface area contributed by atoms with E-state index in [0.717, 1.165) is 25.0 Å². The number of nitrogens with zero attached hydrogens (tertiary/aromatic N) is 2. The lowest BCUT2D eigenvalue weighted by Crippen LogP contribution is -2.40. The van der Waals surface area contributed by atoms with E-state index < -0.39 is 29.0 Å². The molecule has 184 valence electrons. The summed E-state index contributed by atoms with van der Waals surface area (Å²) >= 11 is 0. The van der Waals surface area contributed by atoms with Gasteiger partial charge in [0.25, 0.3) is 5.91 Å². The van der Waals surface area contributed by atoms with Gasteiger partial charge in [0, 0.05) is 30.9 Å². The van der Waals surface area contributed by atoms with Crippen LogP contribution in [0.1, 0.15) is 49.0 Å². The standard InChI is InChI=1S/C24H28F4N4O2/c1-13(14-4-5-14)31-21(33)18-11-30-22(34-3)19(20(18)32-7-6-23(2,29)12-32)15-8-16(24(26,27)28)10-17(25)9-15/h8-11,13-14H,4-7,12,29H2,1-3H3,(H,31,33)/t13-,23-/m0/s1. The molecular weight excluding hydrogens is 452 g/mol. The monoisotopic (exact) mass is 480 g/mol. The average molecular weight is 481 g/mol. The summed E-state index contributed by atoms with van der Waals surface area (Å²) in [5.74, 6) is -1.06. The maximum Gasteiger partial charge on any atom is 0.416 e. The van der Waals surface area contributed by atoms with E-state index in [1.165, 1.54) is 13.3 Å². The zero-order chi connectivity index (χ0) is 24.8. The van der Waals surface area contributed by atoms with Crippen molar-refractivity contribution in [1.29, 1.82) is 0 Å². The van der Waals surface area contributed by atoms with Crippen LogP contribution in [0, 0.1) is 11.7 Å². The van der Waals surface area contributed by atoms with E-state index in [9.17, 15) is 22.4 Å². The number of pyridine rings is 1. The zero-order valence-corrected chi connectivity index (χ0v) is 19.3. The molecule has 0 radical (unpaired) electrons. The fourth-order valence-corrected chi connectivity index (χ4v) is 4.47. The second-order valence-electron chi connectivity index (χ2n) is 9.56. The molecule has 0 bridgehead atoms. The van der Waals surface area contributed by atoms with Crippen LogP contribution in [0.3, 0.4) is 0 Å². The van der Waals surface area contributed by atoms with E-state index >= 15 is 0 Å². The van der Waals surface area contributed by atoms with Crippen LogP contribution in [0.5, 0.6) is 5.88 Å². The summed E-state index contributed by atoms with van der Waals surface area (Å²) in [6.07, 6.45) is -0.741. The smallest absolute Gasteiger partial charge is 0.416 e. The van der Waals surface area contributed by atoms with Crippen molar-refractivity contribution >= 4 is 11.6 Å². The molecule has 1 saturated heterocycles. The maximum absolute atomic E-state index is 14.4. The lowest BCUT2D eigenvalue weighted by Gasteiger charge is -2.28. The highest BCUT2D eigenvalue weighted by Gasteiger charge is 2.37. The van der Waals surface area contributed by atoms with Crippen molar-refractivity contribution in [2.24, 2.45) is 11.7 Å². The summed E-state index contributed by atoms with van der Waals surface area (Å²) in [4.78, 5) is 19.3. The first kappa shape index (κ1) is 24.3. The summed E-state index contributed by atoms with van der Waals surface area (Å²) < 4.78 is 60.2. The van der Waals surface area contributed by atoms with Crippen molar-refractivity contribution in [2.75, 3.05) is 25.1 Å². The molecule has 1 saturated carbocycles. The lowest BCUT2D eigenvalue weighted by molar-refractivity contribution is -0.137. The van der Waals surface area contributed by atoms with Crippen molar-refractivity contribution in [3.05, 3.63) is 41.3 Å². The van der Waals surface area contributed by atoms with Crippen molar-refractivity contribution in [3.63, 3.8) is 0 Å². The number of nitrogens with one attached hydrogen (secondary N) is 1. The zero-order valence-electron chi connectivity index (χ0n) is 19.3. The second-order valence-corrected chi connectivity index (χ2v) is 9.56. The third kappa shape index (κ3) is 4.96. The maximum atomic E-state index is 14.4. The van der Waals surface area contributed by atoms with E-state index in [0.29, 0.717) is 37.2 Å². The number of methoxy groups -OCH3 is 1. The first-order chi connectivity index (χ1) is 15.9. The van der Waals surface area contributed by atoms with Gasteiger partial charge in [-0.25, -0.2) is 9.37 Å². The van der Waals surface area contributed by atoms with Crippen LogP contribution in [0.2, 0.25) is 0 Å². The summed E-state index contributed by atoms with van der Waals surface area (Å²) in [5, 5.41) is 2.97. The molecule has 1 aliphatic carbocycles. The van der Waals surface area contributed by atoms with Gasteiger partial charge in [-0.3, -0.25) is 4.79 Å². The number of halogens is 4. The Morgan fingerprint density at radius 1 is 1.32 bits per heavy atom. The first-order valence-corrected chi connectivity index (χ1v) is 11.2. The molecule has 1 aromatic heterocycles. The number of carbonyl (C=O) groups is 1. The molecule has 2 heterocycles. The number of rotatable bonds is 6. The van der Waals surface area contributed by atoms with E-state index in [2.05, 4.69) is 10.3 Å². The van der Waals surface area contributed by atoms with Gasteiger partial charge in [-0.05, 0) is 62.8 Å². The van der Waals surface area contributed by atoms with Crippen LogP contribution in [-0.4, -0.2) is 42.7 Å². The van der Waals surface area contributed by atoms with E-state index in [1.807, 2.05) is 18.7 Å². The number of benzene rings is 1. The van der Waals surface area contributed by atoms with Crippen molar-refractivity contribution in [2.45, 2.75) is 50.9 Å². The summed E-state index contributed by atoms with van der Waals surface area (Å²) in [5.41, 5.74) is 5.17. The Balaban J connectivity index is 1.91. The molecule has 2 aliphatic rings. The van der Waals surface area contributed by atoms with Gasteiger partial charge in [-0.2, -0.15) is 13.2 Å². The number of anilines is 1. The number of alkyl halides is 3. The number of hydrogen-bond donors (Lipinski definition) is 2. The summed E-state index contributed by atoms with van der Waals surface area (Å²) in [6, 6.07) is 2.21.